The molecular weight excluding hydrogens is 250 g/mol. The van der Waals surface area contributed by atoms with Crippen LogP contribution in [0.5, 0.6) is 5.75 Å². The molecule has 0 saturated carbocycles. The Morgan fingerprint density at radius 1 is 1.11 bits per heavy atom. The summed E-state index contributed by atoms with van der Waals surface area (Å²) in [6, 6.07) is 13.9. The normalized spacial score (nSPS) is 10.1. The molecule has 0 amide bonds. The summed E-state index contributed by atoms with van der Waals surface area (Å²) < 4.78 is 5.24. The molecule has 0 aliphatic carbocycles. The molecule has 0 heterocycles. The summed E-state index contributed by atoms with van der Waals surface area (Å²) in [7, 11) is 0. The van der Waals surface area contributed by atoms with Crippen LogP contribution in [0.15, 0.2) is 48.5 Å². The van der Waals surface area contributed by atoms with Crippen LogP contribution in [0.1, 0.15) is 15.9 Å². The molecule has 0 fully saturated rings. The Morgan fingerprint density at radius 2 is 1.83 bits per heavy atom. The van der Waals surface area contributed by atoms with E-state index in [9.17, 15) is 4.79 Å². The van der Waals surface area contributed by atoms with Crippen LogP contribution in [0.25, 0.3) is 0 Å². The van der Waals surface area contributed by atoms with E-state index in [-0.39, 0.29) is 6.54 Å². The van der Waals surface area contributed by atoms with Crippen LogP contribution in [0.3, 0.4) is 0 Å². The number of ether oxygens (including phenoxy) is 1. The van der Waals surface area contributed by atoms with Gasteiger partial charge in [0.1, 0.15) is 5.75 Å². The number of nitrogens with two attached hydrogens (primary N) is 1. The smallest absolute Gasteiger partial charge is 0.343 e. The van der Waals surface area contributed by atoms with Gasteiger partial charge in [0.2, 0.25) is 0 Å². The second-order valence-corrected chi connectivity index (χ2v) is 4.08. The van der Waals surface area contributed by atoms with Gasteiger partial charge in [0.15, 0.2) is 0 Å². The fourth-order valence-electron chi connectivity index (χ4n) is 1.61. The van der Waals surface area contributed by atoms with Gasteiger partial charge in [0, 0.05) is 11.6 Å². The third-order valence-electron chi connectivity index (χ3n) is 2.50. The van der Waals surface area contributed by atoms with Crippen LogP contribution in [0, 0.1) is 0 Å². The lowest BCUT2D eigenvalue weighted by atomic mass is 10.1. The van der Waals surface area contributed by atoms with Crippen molar-refractivity contribution in [1.82, 2.24) is 0 Å². The van der Waals surface area contributed by atoms with E-state index in [4.69, 9.17) is 22.1 Å². The summed E-state index contributed by atoms with van der Waals surface area (Å²) in [5, 5.41) is 0.472. The summed E-state index contributed by atoms with van der Waals surface area (Å²) in [6.45, 7) is 0.193. The minimum atomic E-state index is -0.454. The van der Waals surface area contributed by atoms with Gasteiger partial charge in [-0.3, -0.25) is 0 Å². The summed E-state index contributed by atoms with van der Waals surface area (Å²) in [5.74, 6) is 0.0367. The zero-order chi connectivity index (χ0) is 13.0. The maximum Gasteiger partial charge on any atom is 0.343 e. The maximum atomic E-state index is 12.0. The lowest BCUT2D eigenvalue weighted by Crippen LogP contribution is -2.13. The van der Waals surface area contributed by atoms with Crippen molar-refractivity contribution in [1.29, 1.82) is 0 Å². The van der Waals surface area contributed by atoms with E-state index in [2.05, 4.69) is 0 Å². The summed E-state index contributed by atoms with van der Waals surface area (Å²) in [5.41, 5.74) is 6.58. The molecule has 3 nitrogen and oxygen atoms in total. The van der Waals surface area contributed by atoms with Gasteiger partial charge < -0.3 is 10.5 Å². The molecule has 2 rings (SSSR count). The van der Waals surface area contributed by atoms with Crippen molar-refractivity contribution in [3.63, 3.8) is 0 Å². The molecule has 0 bridgehead atoms. The molecule has 0 radical (unpaired) electrons. The molecule has 92 valence electrons. The van der Waals surface area contributed by atoms with Crippen LogP contribution in [0.4, 0.5) is 0 Å². The predicted octanol–water partition coefficient (Wildman–Crippen LogP) is 3.02. The summed E-state index contributed by atoms with van der Waals surface area (Å²) in [6.07, 6.45) is 0. The highest BCUT2D eigenvalue weighted by Gasteiger charge is 2.14. The van der Waals surface area contributed by atoms with Crippen LogP contribution < -0.4 is 10.5 Å². The number of benzene rings is 2. The molecular formula is C14H12ClNO2. The number of carbonyl (C=O) groups excluding carboxylic acids is 1. The second-order valence-electron chi connectivity index (χ2n) is 3.67. The minimum Gasteiger partial charge on any atom is -0.423 e. The van der Waals surface area contributed by atoms with Crippen molar-refractivity contribution in [2.24, 2.45) is 5.73 Å². The number of hydrogen-bond donors (Lipinski definition) is 1. The maximum absolute atomic E-state index is 12.0. The van der Waals surface area contributed by atoms with Crippen molar-refractivity contribution in [2.75, 3.05) is 0 Å². The summed E-state index contributed by atoms with van der Waals surface area (Å²) in [4.78, 5) is 12.0. The molecule has 0 unspecified atom stereocenters. The molecule has 2 aromatic rings. The van der Waals surface area contributed by atoms with E-state index in [1.807, 2.05) is 6.07 Å². The highest BCUT2D eigenvalue weighted by molar-refractivity contribution is 6.31. The van der Waals surface area contributed by atoms with Crippen LogP contribution in [0.2, 0.25) is 5.02 Å². The van der Waals surface area contributed by atoms with Crippen LogP contribution in [-0.4, -0.2) is 5.97 Å². The first-order chi connectivity index (χ1) is 8.72. The summed E-state index contributed by atoms with van der Waals surface area (Å²) >= 11 is 5.99. The molecule has 0 saturated heterocycles. The molecule has 0 aliphatic heterocycles. The Morgan fingerprint density at radius 3 is 2.50 bits per heavy atom. The second kappa shape index (κ2) is 5.67. The van der Waals surface area contributed by atoms with Crippen molar-refractivity contribution < 1.29 is 9.53 Å². The lowest BCUT2D eigenvalue weighted by Gasteiger charge is -2.09. The van der Waals surface area contributed by atoms with Gasteiger partial charge in [-0.05, 0) is 29.8 Å². The van der Waals surface area contributed by atoms with Gasteiger partial charge in [0.25, 0.3) is 0 Å². The fraction of sp³-hybridized carbons (Fsp3) is 0.0714. The number of carbonyl (C=O) groups is 1. The van der Waals surface area contributed by atoms with E-state index >= 15 is 0 Å². The topological polar surface area (TPSA) is 52.3 Å². The fourth-order valence-corrected chi connectivity index (χ4v) is 1.86. The van der Waals surface area contributed by atoms with Crippen molar-refractivity contribution in [3.8, 4) is 5.75 Å². The van der Waals surface area contributed by atoms with Gasteiger partial charge in [-0.1, -0.05) is 35.9 Å². The molecule has 0 spiro atoms. The molecule has 2 N–H and O–H groups in total. The van der Waals surface area contributed by atoms with E-state index in [0.29, 0.717) is 21.9 Å². The number of esters is 1. The van der Waals surface area contributed by atoms with Gasteiger partial charge in [0.05, 0.1) is 5.56 Å². The molecule has 0 aliphatic rings. The van der Waals surface area contributed by atoms with E-state index in [1.165, 1.54) is 0 Å². The van der Waals surface area contributed by atoms with Crippen molar-refractivity contribution in [3.05, 3.63) is 64.7 Å². The standard InChI is InChI=1S/C14H12ClNO2/c15-13-8-4-7-11(12(13)9-16)14(17)18-10-5-2-1-3-6-10/h1-8H,9,16H2. The SMILES string of the molecule is NCc1c(Cl)cccc1C(=O)Oc1ccccc1. The monoisotopic (exact) mass is 261 g/mol. The number of rotatable bonds is 3. The van der Waals surface area contributed by atoms with Crippen molar-refractivity contribution >= 4 is 17.6 Å². The third kappa shape index (κ3) is 2.70. The third-order valence-corrected chi connectivity index (χ3v) is 2.85. The van der Waals surface area contributed by atoms with Gasteiger partial charge in [-0.25, -0.2) is 4.79 Å². The predicted molar refractivity (Wildman–Crippen MR) is 70.7 cm³/mol. The first-order valence-corrected chi connectivity index (χ1v) is 5.85. The number of hydrogen-bond acceptors (Lipinski definition) is 3. The molecule has 0 atom stereocenters. The van der Waals surface area contributed by atoms with E-state index in [1.54, 1.807) is 42.5 Å². The first-order valence-electron chi connectivity index (χ1n) is 5.47. The minimum absolute atomic E-state index is 0.193. The first kappa shape index (κ1) is 12.6. The Hall–Kier alpha value is -1.84. The van der Waals surface area contributed by atoms with Gasteiger partial charge in [-0.2, -0.15) is 0 Å². The zero-order valence-corrected chi connectivity index (χ0v) is 10.4. The van der Waals surface area contributed by atoms with E-state index < -0.39 is 5.97 Å². The quantitative estimate of drug-likeness (QED) is 0.683. The number of para-hydroxylation sites is 1. The zero-order valence-electron chi connectivity index (χ0n) is 9.60. The molecule has 4 heteroatoms. The number of halogens is 1. The Labute approximate surface area is 110 Å². The highest BCUT2D eigenvalue weighted by Crippen LogP contribution is 2.21. The average molecular weight is 262 g/mol. The molecule has 0 aromatic heterocycles. The Balaban J connectivity index is 2.27. The van der Waals surface area contributed by atoms with Gasteiger partial charge in [-0.15, -0.1) is 0 Å². The Kier molecular flexibility index (Phi) is 3.97. The average Bonchev–Trinajstić information content (AvgIpc) is 2.39. The van der Waals surface area contributed by atoms with Crippen LogP contribution >= 0.6 is 11.6 Å². The van der Waals surface area contributed by atoms with E-state index in [0.717, 1.165) is 0 Å². The lowest BCUT2D eigenvalue weighted by molar-refractivity contribution is 0.0733. The Bertz CT molecular complexity index is 555. The van der Waals surface area contributed by atoms with Crippen molar-refractivity contribution in [2.45, 2.75) is 6.54 Å². The largest absolute Gasteiger partial charge is 0.423 e. The highest BCUT2D eigenvalue weighted by atomic mass is 35.5. The molecule has 18 heavy (non-hydrogen) atoms. The molecule has 2 aromatic carbocycles. The van der Waals surface area contributed by atoms with Crippen LogP contribution in [-0.2, 0) is 6.54 Å². The van der Waals surface area contributed by atoms with Gasteiger partial charge >= 0.3 is 5.97 Å².